The van der Waals surface area contributed by atoms with Crippen LogP contribution in [0.5, 0.6) is 17.2 Å². The molecule has 1 saturated heterocycles. The molecule has 0 aliphatic carbocycles. The van der Waals surface area contributed by atoms with Crippen LogP contribution >= 0.6 is 0 Å². The molecule has 0 bridgehead atoms. The molecule has 3 aromatic rings. The Morgan fingerprint density at radius 1 is 1.04 bits per heavy atom. The van der Waals surface area contributed by atoms with E-state index in [0.29, 0.717) is 5.82 Å². The van der Waals surface area contributed by atoms with E-state index >= 15 is 0 Å². The molecule has 0 saturated carbocycles. The molecule has 2 N–H and O–H groups in total. The van der Waals surface area contributed by atoms with Crippen LogP contribution in [0.3, 0.4) is 0 Å². The van der Waals surface area contributed by atoms with Gasteiger partial charge in [0, 0.05) is 18.5 Å². The molecule has 138 valence electrons. The minimum Gasteiger partial charge on any atom is -0.497 e. The monoisotopic (exact) mass is 365 g/mol. The zero-order valence-electron chi connectivity index (χ0n) is 14.8. The molecule has 0 spiro atoms. The number of aromatic amines is 1. The molecular formula is C19H19N5O3. The third-order valence-corrected chi connectivity index (χ3v) is 5.31. The van der Waals surface area contributed by atoms with E-state index in [4.69, 9.17) is 14.2 Å². The van der Waals surface area contributed by atoms with Crippen molar-refractivity contribution >= 4 is 0 Å². The summed E-state index contributed by atoms with van der Waals surface area (Å²) in [6.07, 6.45) is 0. The molecule has 0 radical (unpaired) electrons. The van der Waals surface area contributed by atoms with Gasteiger partial charge in [0.25, 0.3) is 0 Å². The zero-order chi connectivity index (χ0) is 18.2. The van der Waals surface area contributed by atoms with Crippen molar-refractivity contribution in [2.45, 2.75) is 17.9 Å². The molecular weight excluding hydrogens is 346 g/mol. The smallest absolute Gasteiger partial charge is 0.231 e. The van der Waals surface area contributed by atoms with Gasteiger partial charge in [-0.1, -0.05) is 23.4 Å². The van der Waals surface area contributed by atoms with E-state index in [0.717, 1.165) is 34.9 Å². The Balaban J connectivity index is 1.52. The normalized spacial score (nSPS) is 23.5. The van der Waals surface area contributed by atoms with E-state index in [2.05, 4.69) is 50.2 Å². The molecule has 1 fully saturated rings. The van der Waals surface area contributed by atoms with Crippen molar-refractivity contribution in [3.63, 3.8) is 0 Å². The van der Waals surface area contributed by atoms with Crippen LogP contribution in [0.2, 0.25) is 0 Å². The fourth-order valence-electron chi connectivity index (χ4n) is 3.99. The summed E-state index contributed by atoms with van der Waals surface area (Å²) in [4.78, 5) is 0. The maximum atomic E-state index is 5.56. The lowest BCUT2D eigenvalue weighted by Crippen LogP contribution is -2.18. The number of methoxy groups -OCH3 is 1. The summed E-state index contributed by atoms with van der Waals surface area (Å²) in [7, 11) is 1.67. The second-order valence-electron chi connectivity index (χ2n) is 6.67. The van der Waals surface area contributed by atoms with Crippen LogP contribution in [-0.2, 0) is 0 Å². The van der Waals surface area contributed by atoms with Gasteiger partial charge in [0.15, 0.2) is 17.3 Å². The lowest BCUT2D eigenvalue weighted by atomic mass is 9.82. The van der Waals surface area contributed by atoms with Crippen molar-refractivity contribution in [2.24, 2.45) is 0 Å². The minimum absolute atomic E-state index is 0.0394. The molecule has 0 amide bonds. The first-order valence-corrected chi connectivity index (χ1v) is 8.83. The SMILES string of the molecule is COc1ccc(C2NCC(c3ccc4c(c3)OCO4)[C@H]2c2nn[nH]n2)cc1. The third kappa shape index (κ3) is 2.78. The van der Waals surface area contributed by atoms with Crippen LogP contribution in [0.15, 0.2) is 42.5 Å². The summed E-state index contributed by atoms with van der Waals surface area (Å²) in [6.45, 7) is 1.07. The van der Waals surface area contributed by atoms with Gasteiger partial charge in [0.2, 0.25) is 6.79 Å². The molecule has 3 heterocycles. The Hall–Kier alpha value is -3.13. The van der Waals surface area contributed by atoms with E-state index in [9.17, 15) is 0 Å². The molecule has 2 aliphatic rings. The summed E-state index contributed by atoms with van der Waals surface area (Å²) >= 11 is 0. The topological polar surface area (TPSA) is 94.2 Å². The number of nitrogens with zero attached hydrogens (tertiary/aromatic N) is 3. The first-order chi connectivity index (χ1) is 13.3. The molecule has 2 aromatic carbocycles. The van der Waals surface area contributed by atoms with Crippen molar-refractivity contribution in [2.75, 3.05) is 20.4 Å². The standard InChI is InChI=1S/C19H19N5O3/c1-25-13-5-2-11(3-6-13)18-17(19-21-23-24-22-19)14(9-20-18)12-4-7-15-16(8-12)27-10-26-15/h2-8,14,17-18,20H,9-10H2,1H3,(H,21,22,23,24)/t14?,17-,18?/m1/s1. The molecule has 27 heavy (non-hydrogen) atoms. The fourth-order valence-corrected chi connectivity index (χ4v) is 3.99. The number of hydrogen-bond acceptors (Lipinski definition) is 7. The Morgan fingerprint density at radius 3 is 2.63 bits per heavy atom. The zero-order valence-corrected chi connectivity index (χ0v) is 14.8. The number of rotatable bonds is 4. The quantitative estimate of drug-likeness (QED) is 0.731. The number of benzene rings is 2. The van der Waals surface area contributed by atoms with Gasteiger partial charge in [-0.2, -0.15) is 5.21 Å². The number of nitrogens with one attached hydrogen (secondary N) is 2. The molecule has 8 heteroatoms. The van der Waals surface area contributed by atoms with Gasteiger partial charge in [-0.25, -0.2) is 0 Å². The highest BCUT2D eigenvalue weighted by molar-refractivity contribution is 5.47. The number of H-pyrrole nitrogens is 1. The summed E-state index contributed by atoms with van der Waals surface area (Å²) in [5, 5.41) is 18.6. The van der Waals surface area contributed by atoms with Crippen LogP contribution < -0.4 is 19.5 Å². The second kappa shape index (κ2) is 6.55. The molecule has 2 aliphatic heterocycles. The first-order valence-electron chi connectivity index (χ1n) is 8.83. The van der Waals surface area contributed by atoms with Crippen molar-refractivity contribution in [1.82, 2.24) is 25.9 Å². The van der Waals surface area contributed by atoms with Crippen molar-refractivity contribution in [3.8, 4) is 17.2 Å². The Labute approximate surface area is 155 Å². The number of hydrogen-bond donors (Lipinski definition) is 2. The maximum Gasteiger partial charge on any atom is 0.231 e. The Kier molecular flexibility index (Phi) is 3.90. The predicted molar refractivity (Wildman–Crippen MR) is 96.0 cm³/mol. The molecule has 2 unspecified atom stereocenters. The van der Waals surface area contributed by atoms with Crippen LogP contribution in [0.4, 0.5) is 0 Å². The Bertz CT molecular complexity index is 929. The Morgan fingerprint density at radius 2 is 1.85 bits per heavy atom. The van der Waals surface area contributed by atoms with Gasteiger partial charge in [0.05, 0.1) is 13.0 Å². The largest absolute Gasteiger partial charge is 0.497 e. The van der Waals surface area contributed by atoms with Crippen LogP contribution in [0, 0.1) is 0 Å². The van der Waals surface area contributed by atoms with Crippen molar-refractivity contribution < 1.29 is 14.2 Å². The summed E-state index contributed by atoms with van der Waals surface area (Å²) in [5.41, 5.74) is 2.33. The summed E-state index contributed by atoms with van der Waals surface area (Å²) in [6, 6.07) is 14.3. The van der Waals surface area contributed by atoms with E-state index < -0.39 is 0 Å². The van der Waals surface area contributed by atoms with Gasteiger partial charge >= 0.3 is 0 Å². The summed E-state index contributed by atoms with van der Waals surface area (Å²) < 4.78 is 16.3. The summed E-state index contributed by atoms with van der Waals surface area (Å²) in [5.74, 6) is 3.32. The fraction of sp³-hybridized carbons (Fsp3) is 0.316. The van der Waals surface area contributed by atoms with Gasteiger partial charge < -0.3 is 19.5 Å². The van der Waals surface area contributed by atoms with Crippen LogP contribution in [-0.4, -0.2) is 41.1 Å². The lowest BCUT2D eigenvalue weighted by Gasteiger charge is -2.22. The van der Waals surface area contributed by atoms with Crippen LogP contribution in [0.1, 0.15) is 34.8 Å². The van der Waals surface area contributed by atoms with Gasteiger partial charge in [-0.05, 0) is 35.4 Å². The highest BCUT2D eigenvalue weighted by atomic mass is 16.7. The van der Waals surface area contributed by atoms with Crippen LogP contribution in [0.25, 0.3) is 0 Å². The maximum absolute atomic E-state index is 5.56. The van der Waals surface area contributed by atoms with Gasteiger partial charge in [0.1, 0.15) is 5.75 Å². The average molecular weight is 365 g/mol. The van der Waals surface area contributed by atoms with Crippen molar-refractivity contribution in [1.29, 1.82) is 0 Å². The van der Waals surface area contributed by atoms with E-state index in [1.165, 1.54) is 0 Å². The number of ether oxygens (including phenoxy) is 3. The van der Waals surface area contributed by atoms with E-state index in [1.807, 2.05) is 18.2 Å². The third-order valence-electron chi connectivity index (χ3n) is 5.31. The predicted octanol–water partition coefficient (Wildman–Crippen LogP) is 2.15. The van der Waals surface area contributed by atoms with E-state index in [-0.39, 0.29) is 24.7 Å². The first kappa shape index (κ1) is 16.1. The highest BCUT2D eigenvalue weighted by Gasteiger charge is 2.41. The number of fused-ring (bicyclic) bond motifs is 1. The molecule has 3 atom stereocenters. The number of aromatic nitrogens is 4. The molecule has 8 nitrogen and oxygen atoms in total. The minimum atomic E-state index is 0.0394. The van der Waals surface area contributed by atoms with Gasteiger partial charge in [-0.15, -0.1) is 10.2 Å². The number of tetrazole rings is 1. The second-order valence-corrected chi connectivity index (χ2v) is 6.67. The average Bonchev–Trinajstić information content (AvgIpc) is 3.46. The highest BCUT2D eigenvalue weighted by Crippen LogP contribution is 2.47. The van der Waals surface area contributed by atoms with E-state index in [1.54, 1.807) is 7.11 Å². The molecule has 1 aromatic heterocycles. The molecule has 5 rings (SSSR count). The van der Waals surface area contributed by atoms with Gasteiger partial charge in [-0.3, -0.25) is 0 Å². The van der Waals surface area contributed by atoms with Crippen molar-refractivity contribution in [3.05, 3.63) is 59.4 Å². The lowest BCUT2D eigenvalue weighted by molar-refractivity contribution is 0.174.